The van der Waals surface area contributed by atoms with E-state index in [0.29, 0.717) is 19.0 Å². The van der Waals surface area contributed by atoms with Crippen LogP contribution < -0.4 is 9.47 Å². The third-order valence-electron chi connectivity index (χ3n) is 5.90. The number of ether oxygens (including phenoxy) is 4. The molecule has 0 aliphatic heterocycles. The fourth-order valence-corrected chi connectivity index (χ4v) is 3.90. The van der Waals surface area contributed by atoms with Gasteiger partial charge in [-0.15, -0.1) is 0 Å². The molecule has 0 N–H and O–H groups in total. The normalized spacial score (nSPS) is 10.6. The smallest absolute Gasteiger partial charge is 0.342 e. The second-order valence-corrected chi connectivity index (χ2v) is 8.60. The first-order chi connectivity index (χ1) is 17.1. The summed E-state index contributed by atoms with van der Waals surface area (Å²) in [7, 11) is 2.54. The summed E-state index contributed by atoms with van der Waals surface area (Å²) in [5, 5.41) is 0. The number of carbonyl (C=O) groups is 2. The van der Waals surface area contributed by atoms with Crippen LogP contribution in [-0.2, 0) is 16.1 Å². The first-order valence-electron chi connectivity index (χ1n) is 12.8. The molecule has 2 rings (SSSR count). The maximum atomic E-state index is 12.6. The molecule has 0 fully saturated rings. The molecular weight excluding hydrogens is 444 g/mol. The molecule has 0 aliphatic rings. The molecule has 6 heteroatoms. The molecule has 0 saturated carbocycles. The summed E-state index contributed by atoms with van der Waals surface area (Å²) in [5.74, 6) is -0.710. The average molecular weight is 485 g/mol. The Morgan fingerprint density at radius 1 is 0.686 bits per heavy atom. The van der Waals surface area contributed by atoms with Gasteiger partial charge < -0.3 is 18.9 Å². The van der Waals surface area contributed by atoms with Gasteiger partial charge in [-0.3, -0.25) is 0 Å². The Balaban J connectivity index is 2.03. The highest BCUT2D eigenvalue weighted by atomic mass is 16.5. The molecule has 35 heavy (non-hydrogen) atoms. The van der Waals surface area contributed by atoms with Gasteiger partial charge in [-0.2, -0.15) is 0 Å². The first kappa shape index (κ1) is 28.2. The van der Waals surface area contributed by atoms with E-state index in [1.807, 2.05) is 30.3 Å². The van der Waals surface area contributed by atoms with Gasteiger partial charge in [0.25, 0.3) is 0 Å². The third-order valence-corrected chi connectivity index (χ3v) is 5.90. The van der Waals surface area contributed by atoms with Crippen molar-refractivity contribution in [1.82, 2.24) is 0 Å². The van der Waals surface area contributed by atoms with E-state index >= 15 is 0 Å². The van der Waals surface area contributed by atoms with Gasteiger partial charge in [-0.1, -0.05) is 95.0 Å². The van der Waals surface area contributed by atoms with Gasteiger partial charge in [0.1, 0.15) is 12.2 Å². The van der Waals surface area contributed by atoms with E-state index in [9.17, 15) is 9.59 Å². The summed E-state index contributed by atoms with van der Waals surface area (Å²) in [6.07, 6.45) is 12.1. The van der Waals surface area contributed by atoms with Crippen LogP contribution in [0.4, 0.5) is 0 Å². The van der Waals surface area contributed by atoms with Crippen molar-refractivity contribution in [2.45, 2.75) is 77.7 Å². The van der Waals surface area contributed by atoms with Crippen molar-refractivity contribution < 1.29 is 28.5 Å². The Bertz CT molecular complexity index is 894. The highest BCUT2D eigenvalue weighted by molar-refractivity contribution is 6.05. The SMILES string of the molecule is CCCCCCCCCCCCOc1c(OCc2ccccc2)ccc(C(=O)OC)c1C(=O)OC. The van der Waals surface area contributed by atoms with E-state index in [2.05, 4.69) is 6.92 Å². The number of methoxy groups -OCH3 is 2. The minimum Gasteiger partial charge on any atom is -0.489 e. The van der Waals surface area contributed by atoms with Crippen molar-refractivity contribution in [3.8, 4) is 11.5 Å². The lowest BCUT2D eigenvalue weighted by atomic mass is 10.1. The molecule has 0 saturated heterocycles. The quantitative estimate of drug-likeness (QED) is 0.176. The molecule has 0 aliphatic carbocycles. The summed E-state index contributed by atoms with van der Waals surface area (Å²) < 4.78 is 21.9. The summed E-state index contributed by atoms with van der Waals surface area (Å²) in [4.78, 5) is 25.0. The molecule has 6 nitrogen and oxygen atoms in total. The first-order valence-corrected chi connectivity index (χ1v) is 12.8. The number of esters is 2. The highest BCUT2D eigenvalue weighted by Gasteiger charge is 2.27. The predicted octanol–water partition coefficient (Wildman–Crippen LogP) is 7.14. The summed E-state index contributed by atoms with van der Waals surface area (Å²) in [6, 6.07) is 12.8. The molecule has 0 heterocycles. The Hall–Kier alpha value is -3.02. The number of carbonyl (C=O) groups excluding carboxylic acids is 2. The lowest BCUT2D eigenvalue weighted by Crippen LogP contribution is -2.15. The largest absolute Gasteiger partial charge is 0.489 e. The second-order valence-electron chi connectivity index (χ2n) is 8.60. The van der Waals surface area contributed by atoms with Crippen LogP contribution in [0, 0.1) is 0 Å². The number of hydrogen-bond donors (Lipinski definition) is 0. The van der Waals surface area contributed by atoms with Gasteiger partial charge in [0.05, 0.1) is 26.4 Å². The van der Waals surface area contributed by atoms with E-state index in [1.54, 1.807) is 6.07 Å². The monoisotopic (exact) mass is 484 g/mol. The number of rotatable bonds is 17. The maximum Gasteiger partial charge on any atom is 0.342 e. The van der Waals surface area contributed by atoms with Gasteiger partial charge in [0, 0.05) is 0 Å². The molecule has 0 atom stereocenters. The molecular formula is C29H40O6. The van der Waals surface area contributed by atoms with Crippen molar-refractivity contribution >= 4 is 11.9 Å². The van der Waals surface area contributed by atoms with E-state index in [1.165, 1.54) is 65.2 Å². The molecule has 0 unspecified atom stereocenters. The van der Waals surface area contributed by atoms with Gasteiger partial charge in [-0.05, 0) is 24.1 Å². The summed E-state index contributed by atoms with van der Waals surface area (Å²) in [5.41, 5.74) is 1.09. The number of benzene rings is 2. The fraction of sp³-hybridized carbons (Fsp3) is 0.517. The minimum atomic E-state index is -0.673. The van der Waals surface area contributed by atoms with E-state index in [4.69, 9.17) is 18.9 Å². The molecule has 0 amide bonds. The molecule has 192 valence electrons. The van der Waals surface area contributed by atoms with Gasteiger partial charge >= 0.3 is 11.9 Å². The summed E-state index contributed by atoms with van der Waals surface area (Å²) >= 11 is 0. The van der Waals surface area contributed by atoms with Gasteiger partial charge in [0.15, 0.2) is 11.5 Å². The van der Waals surface area contributed by atoms with Crippen LogP contribution in [-0.4, -0.2) is 32.8 Å². The Morgan fingerprint density at radius 3 is 1.89 bits per heavy atom. The topological polar surface area (TPSA) is 71.1 Å². The molecule has 0 radical (unpaired) electrons. The van der Waals surface area contributed by atoms with Crippen LogP contribution in [0.2, 0.25) is 0 Å². The molecule has 2 aromatic carbocycles. The van der Waals surface area contributed by atoms with Crippen LogP contribution in [0.5, 0.6) is 11.5 Å². The molecule has 0 spiro atoms. The predicted molar refractivity (Wildman–Crippen MR) is 137 cm³/mol. The Morgan fingerprint density at radius 2 is 1.29 bits per heavy atom. The van der Waals surface area contributed by atoms with Gasteiger partial charge in [0.2, 0.25) is 0 Å². The second kappa shape index (κ2) is 16.6. The minimum absolute atomic E-state index is 0.0250. The molecule has 0 aromatic heterocycles. The van der Waals surface area contributed by atoms with Crippen molar-refractivity contribution in [2.24, 2.45) is 0 Å². The summed E-state index contributed by atoms with van der Waals surface area (Å²) in [6.45, 7) is 2.95. The Kier molecular flexibility index (Phi) is 13.4. The van der Waals surface area contributed by atoms with Crippen LogP contribution >= 0.6 is 0 Å². The standard InChI is InChI=1S/C29H40O6/c1-4-5-6-7-8-9-10-11-12-16-21-34-27-25(35-22-23-17-14-13-15-18-23)20-19-24(28(30)32-2)26(27)29(31)33-3/h13-15,17-20H,4-12,16,21-22H2,1-3H3. The fourth-order valence-electron chi connectivity index (χ4n) is 3.90. The Labute approximate surface area is 209 Å². The zero-order chi connectivity index (χ0) is 25.3. The zero-order valence-electron chi connectivity index (χ0n) is 21.5. The lowest BCUT2D eigenvalue weighted by molar-refractivity contribution is 0.0550. The number of hydrogen-bond acceptors (Lipinski definition) is 6. The van der Waals surface area contributed by atoms with Crippen LogP contribution in [0.15, 0.2) is 42.5 Å². The average Bonchev–Trinajstić information content (AvgIpc) is 2.90. The third kappa shape index (κ3) is 9.63. The zero-order valence-corrected chi connectivity index (χ0v) is 21.5. The van der Waals surface area contributed by atoms with E-state index in [0.717, 1.165) is 24.8 Å². The highest BCUT2D eigenvalue weighted by Crippen LogP contribution is 2.36. The maximum absolute atomic E-state index is 12.6. The van der Waals surface area contributed by atoms with E-state index in [-0.39, 0.29) is 16.9 Å². The van der Waals surface area contributed by atoms with Crippen molar-refractivity contribution in [3.63, 3.8) is 0 Å². The van der Waals surface area contributed by atoms with Crippen LogP contribution in [0.1, 0.15) is 97.4 Å². The van der Waals surface area contributed by atoms with Crippen molar-refractivity contribution in [2.75, 3.05) is 20.8 Å². The number of unbranched alkanes of at least 4 members (excludes halogenated alkanes) is 9. The molecule has 2 aromatic rings. The molecule has 0 bridgehead atoms. The van der Waals surface area contributed by atoms with Crippen LogP contribution in [0.25, 0.3) is 0 Å². The van der Waals surface area contributed by atoms with Crippen molar-refractivity contribution in [3.05, 3.63) is 59.2 Å². The lowest BCUT2D eigenvalue weighted by Gasteiger charge is -2.18. The van der Waals surface area contributed by atoms with Crippen LogP contribution in [0.3, 0.4) is 0 Å². The van der Waals surface area contributed by atoms with Gasteiger partial charge in [-0.25, -0.2) is 9.59 Å². The van der Waals surface area contributed by atoms with Crippen molar-refractivity contribution in [1.29, 1.82) is 0 Å². The van der Waals surface area contributed by atoms with E-state index < -0.39 is 11.9 Å².